The molecule has 1 rings (SSSR count). The molecule has 1 amide bonds. The molecule has 0 bridgehead atoms. The molecule has 0 aliphatic rings. The first-order valence-corrected chi connectivity index (χ1v) is 7.17. The predicted molar refractivity (Wildman–Crippen MR) is 80.9 cm³/mol. The minimum atomic E-state index is -0.871. The largest absolute Gasteiger partial charge is 0.370 e. The van der Waals surface area contributed by atoms with Crippen LogP contribution >= 0.6 is 0 Å². The Morgan fingerprint density at radius 3 is 2.50 bits per heavy atom. The first-order valence-electron chi connectivity index (χ1n) is 7.17. The number of carbonyl (C=O) groups is 1. The van der Waals surface area contributed by atoms with Crippen LogP contribution in [0.3, 0.4) is 0 Å². The normalized spacial score (nSPS) is 13.8. The molecule has 0 aliphatic heterocycles. The topological polar surface area (TPSA) is 116 Å². The number of benzene rings is 1. The third kappa shape index (κ3) is 5.42. The van der Waals surface area contributed by atoms with Gasteiger partial charge in [-0.2, -0.15) is 0 Å². The fourth-order valence-corrected chi connectivity index (χ4v) is 2.67. The highest BCUT2D eigenvalue weighted by atomic mass is 17.1. The third-order valence-electron chi connectivity index (χ3n) is 3.45. The Labute approximate surface area is 129 Å². The number of nitro benzene ring substituents is 1. The smallest absolute Gasteiger partial charge is 0.275 e. The van der Waals surface area contributed by atoms with Crippen molar-refractivity contribution in [2.75, 3.05) is 0 Å². The second-order valence-electron chi connectivity index (χ2n) is 5.81. The average Bonchev–Trinajstić information content (AvgIpc) is 2.43. The van der Waals surface area contributed by atoms with Crippen LogP contribution in [0.25, 0.3) is 0 Å². The van der Waals surface area contributed by atoms with Crippen LogP contribution in [0.1, 0.15) is 44.8 Å². The van der Waals surface area contributed by atoms with E-state index in [0.29, 0.717) is 12.3 Å². The number of amides is 1. The van der Waals surface area contributed by atoms with Gasteiger partial charge in [0, 0.05) is 12.5 Å². The summed E-state index contributed by atoms with van der Waals surface area (Å²) < 4.78 is 0. The molecule has 22 heavy (non-hydrogen) atoms. The minimum absolute atomic E-state index is 0.116. The van der Waals surface area contributed by atoms with Gasteiger partial charge in [0.15, 0.2) is 0 Å². The third-order valence-corrected chi connectivity index (χ3v) is 3.45. The quantitative estimate of drug-likeness (QED) is 0.413. The standard InChI is InChI=1S/C15H22N2O5/c1-10(2)7-11(9-15(16)18)8-14(22-21)12-5-3-4-6-13(12)17(19)20/h3-6,10-11,14,21H,7-9H2,1-2H3,(H2,16,18)/t11-,14?/m0/s1. The number of nitrogens with two attached hydrogens (primary N) is 1. The van der Waals surface area contributed by atoms with Crippen molar-refractivity contribution in [3.8, 4) is 0 Å². The van der Waals surface area contributed by atoms with Gasteiger partial charge in [-0.3, -0.25) is 20.2 Å². The van der Waals surface area contributed by atoms with Crippen LogP contribution in [0.5, 0.6) is 0 Å². The molecule has 7 heteroatoms. The van der Waals surface area contributed by atoms with Crippen molar-refractivity contribution in [2.24, 2.45) is 17.6 Å². The predicted octanol–water partition coefficient (Wildman–Crippen LogP) is 3.05. The van der Waals surface area contributed by atoms with Gasteiger partial charge in [-0.05, 0) is 30.7 Å². The van der Waals surface area contributed by atoms with Crippen molar-refractivity contribution in [2.45, 2.75) is 39.2 Å². The fraction of sp³-hybridized carbons (Fsp3) is 0.533. The van der Waals surface area contributed by atoms with E-state index in [4.69, 9.17) is 11.0 Å². The molecule has 7 nitrogen and oxygen atoms in total. The zero-order valence-corrected chi connectivity index (χ0v) is 12.8. The molecular formula is C15H22N2O5. The van der Waals surface area contributed by atoms with E-state index in [1.54, 1.807) is 12.1 Å². The van der Waals surface area contributed by atoms with E-state index >= 15 is 0 Å². The van der Waals surface area contributed by atoms with E-state index in [1.165, 1.54) is 12.1 Å². The molecule has 3 N–H and O–H groups in total. The lowest BCUT2D eigenvalue weighted by molar-refractivity contribution is -0.387. The summed E-state index contributed by atoms with van der Waals surface area (Å²) in [4.78, 5) is 26.2. The maximum absolute atomic E-state index is 11.2. The Balaban J connectivity index is 2.99. The molecule has 2 atom stereocenters. The number of hydrogen-bond donors (Lipinski definition) is 2. The number of para-hydroxylation sites is 1. The maximum Gasteiger partial charge on any atom is 0.275 e. The molecule has 1 aromatic rings. The highest BCUT2D eigenvalue weighted by molar-refractivity contribution is 5.74. The Bertz CT molecular complexity index is 518. The number of nitro groups is 1. The van der Waals surface area contributed by atoms with Gasteiger partial charge in [-0.15, -0.1) is 0 Å². The van der Waals surface area contributed by atoms with Crippen LogP contribution in [-0.4, -0.2) is 16.1 Å². The number of rotatable bonds is 9. The first-order chi connectivity index (χ1) is 10.3. The number of primary amides is 1. The van der Waals surface area contributed by atoms with E-state index in [-0.39, 0.29) is 30.0 Å². The molecule has 0 radical (unpaired) electrons. The van der Waals surface area contributed by atoms with E-state index in [1.807, 2.05) is 13.8 Å². The summed E-state index contributed by atoms with van der Waals surface area (Å²) in [6.07, 6.45) is 0.273. The number of hydrogen-bond acceptors (Lipinski definition) is 5. The maximum atomic E-state index is 11.2. The van der Waals surface area contributed by atoms with Crippen molar-refractivity contribution in [3.05, 3.63) is 39.9 Å². The van der Waals surface area contributed by atoms with Gasteiger partial charge in [-0.1, -0.05) is 26.0 Å². The van der Waals surface area contributed by atoms with Crippen LogP contribution in [0.4, 0.5) is 5.69 Å². The van der Waals surface area contributed by atoms with Crippen molar-refractivity contribution in [3.63, 3.8) is 0 Å². The minimum Gasteiger partial charge on any atom is -0.370 e. The van der Waals surface area contributed by atoms with E-state index in [0.717, 1.165) is 0 Å². The van der Waals surface area contributed by atoms with Gasteiger partial charge < -0.3 is 5.73 Å². The fourth-order valence-electron chi connectivity index (χ4n) is 2.67. The van der Waals surface area contributed by atoms with Crippen molar-refractivity contribution >= 4 is 11.6 Å². The monoisotopic (exact) mass is 310 g/mol. The van der Waals surface area contributed by atoms with Gasteiger partial charge >= 0.3 is 0 Å². The first kappa shape index (κ1) is 18.1. The second kappa shape index (κ2) is 8.45. The summed E-state index contributed by atoms with van der Waals surface area (Å²) >= 11 is 0. The van der Waals surface area contributed by atoms with Gasteiger partial charge in [-0.25, -0.2) is 4.89 Å². The van der Waals surface area contributed by atoms with Crippen molar-refractivity contribution in [1.82, 2.24) is 0 Å². The molecule has 0 heterocycles. The van der Waals surface area contributed by atoms with Gasteiger partial charge in [0.25, 0.3) is 5.69 Å². The summed E-state index contributed by atoms with van der Waals surface area (Å²) in [6.45, 7) is 4.02. The van der Waals surface area contributed by atoms with Crippen LogP contribution in [0.2, 0.25) is 0 Å². The number of carbonyl (C=O) groups excluding carboxylic acids is 1. The lowest BCUT2D eigenvalue weighted by Gasteiger charge is -2.22. The highest BCUT2D eigenvalue weighted by Crippen LogP contribution is 2.34. The van der Waals surface area contributed by atoms with E-state index in [9.17, 15) is 14.9 Å². The molecule has 1 aromatic carbocycles. The Kier molecular flexibility index (Phi) is 6.94. The van der Waals surface area contributed by atoms with Gasteiger partial charge in [0.2, 0.25) is 5.91 Å². The molecule has 122 valence electrons. The molecule has 0 saturated carbocycles. The van der Waals surface area contributed by atoms with Crippen molar-refractivity contribution < 1.29 is 19.9 Å². The Hall–Kier alpha value is -1.99. The molecule has 0 fully saturated rings. The Morgan fingerprint density at radius 1 is 1.36 bits per heavy atom. The molecule has 1 unspecified atom stereocenters. The van der Waals surface area contributed by atoms with Crippen LogP contribution < -0.4 is 5.73 Å². The average molecular weight is 310 g/mol. The summed E-state index contributed by atoms with van der Waals surface area (Å²) in [6, 6.07) is 6.08. The zero-order chi connectivity index (χ0) is 16.7. The second-order valence-corrected chi connectivity index (χ2v) is 5.81. The zero-order valence-electron chi connectivity index (χ0n) is 12.8. The van der Waals surface area contributed by atoms with E-state index < -0.39 is 16.9 Å². The number of nitrogens with zero attached hydrogens (tertiary/aromatic N) is 1. The highest BCUT2D eigenvalue weighted by Gasteiger charge is 2.27. The van der Waals surface area contributed by atoms with E-state index in [2.05, 4.69) is 4.89 Å². The molecule has 0 spiro atoms. The summed E-state index contributed by atoms with van der Waals surface area (Å²) in [5, 5.41) is 20.2. The SMILES string of the molecule is CC(C)C[C@H](CC(N)=O)CC(OO)c1ccccc1[N+](=O)[O-]. The summed E-state index contributed by atoms with van der Waals surface area (Å²) in [7, 11) is 0. The molecule has 0 saturated heterocycles. The summed E-state index contributed by atoms with van der Waals surface area (Å²) in [5.74, 6) is -0.228. The van der Waals surface area contributed by atoms with Crippen LogP contribution in [0.15, 0.2) is 24.3 Å². The lowest BCUT2D eigenvalue weighted by Crippen LogP contribution is -2.20. The lowest BCUT2D eigenvalue weighted by atomic mass is 9.87. The molecule has 0 aliphatic carbocycles. The van der Waals surface area contributed by atoms with Gasteiger partial charge in [0.05, 0.1) is 10.5 Å². The van der Waals surface area contributed by atoms with Crippen LogP contribution in [0, 0.1) is 22.0 Å². The Morgan fingerprint density at radius 2 is 2.00 bits per heavy atom. The van der Waals surface area contributed by atoms with Crippen molar-refractivity contribution in [1.29, 1.82) is 0 Å². The summed E-state index contributed by atoms with van der Waals surface area (Å²) in [5.41, 5.74) is 5.42. The molecule has 0 aromatic heterocycles. The molecular weight excluding hydrogens is 288 g/mol. The van der Waals surface area contributed by atoms with Gasteiger partial charge in [0.1, 0.15) is 6.10 Å². The van der Waals surface area contributed by atoms with Crippen LogP contribution in [-0.2, 0) is 9.68 Å².